The molecular weight excluding hydrogens is 238 g/mol. The summed E-state index contributed by atoms with van der Waals surface area (Å²) < 4.78 is 0. The van der Waals surface area contributed by atoms with Gasteiger partial charge in [0, 0.05) is 18.6 Å². The van der Waals surface area contributed by atoms with E-state index >= 15 is 0 Å². The van der Waals surface area contributed by atoms with Crippen molar-refractivity contribution in [2.75, 3.05) is 20.1 Å². The van der Waals surface area contributed by atoms with Crippen molar-refractivity contribution >= 4 is 6.03 Å². The maximum absolute atomic E-state index is 12.0. The van der Waals surface area contributed by atoms with E-state index in [2.05, 4.69) is 43.5 Å². The summed E-state index contributed by atoms with van der Waals surface area (Å²) in [6.07, 6.45) is 0. The number of aryl methyl sites for hydroxylation is 1. The Morgan fingerprint density at radius 1 is 1.42 bits per heavy atom. The van der Waals surface area contributed by atoms with Gasteiger partial charge in [-0.2, -0.15) is 0 Å². The Morgan fingerprint density at radius 2 is 2.11 bits per heavy atom. The highest BCUT2D eigenvalue weighted by Gasteiger charge is 2.33. The molecule has 2 amide bonds. The maximum Gasteiger partial charge on any atom is 0.318 e. The summed E-state index contributed by atoms with van der Waals surface area (Å²) in [5, 5.41) is 6.30. The Hall–Kier alpha value is -1.55. The zero-order chi connectivity index (χ0) is 14.0. The summed E-state index contributed by atoms with van der Waals surface area (Å²) in [6.45, 7) is 7.72. The van der Waals surface area contributed by atoms with E-state index < -0.39 is 0 Å². The molecule has 1 unspecified atom stereocenters. The summed E-state index contributed by atoms with van der Waals surface area (Å²) >= 11 is 0. The van der Waals surface area contributed by atoms with Crippen LogP contribution in [0.4, 0.5) is 4.79 Å². The third-order valence-electron chi connectivity index (χ3n) is 3.81. The lowest BCUT2D eigenvalue weighted by Gasteiger charge is -2.29. The van der Waals surface area contributed by atoms with E-state index in [9.17, 15) is 4.79 Å². The Bertz CT molecular complexity index is 470. The topological polar surface area (TPSA) is 44.4 Å². The third kappa shape index (κ3) is 3.07. The largest absolute Gasteiger partial charge is 0.329 e. The van der Waals surface area contributed by atoms with Gasteiger partial charge in [-0.3, -0.25) is 0 Å². The molecule has 0 saturated carbocycles. The smallest absolute Gasteiger partial charge is 0.318 e. The molecule has 1 aliphatic heterocycles. The van der Waals surface area contributed by atoms with Crippen molar-refractivity contribution in [2.45, 2.75) is 32.4 Å². The number of hydrogen-bond donors (Lipinski definition) is 2. The molecule has 1 aliphatic rings. The number of hydrogen-bond acceptors (Lipinski definition) is 2. The molecule has 104 valence electrons. The highest BCUT2D eigenvalue weighted by molar-refractivity contribution is 5.77. The molecule has 1 aromatic rings. The lowest BCUT2D eigenvalue weighted by molar-refractivity contribution is 0.201. The summed E-state index contributed by atoms with van der Waals surface area (Å²) in [6, 6.07) is 8.35. The quantitative estimate of drug-likeness (QED) is 0.871. The minimum absolute atomic E-state index is 0.0246. The predicted molar refractivity (Wildman–Crippen MR) is 77.2 cm³/mol. The minimum atomic E-state index is -0.0715. The average molecular weight is 261 g/mol. The zero-order valence-corrected chi connectivity index (χ0v) is 12.2. The number of benzene rings is 1. The van der Waals surface area contributed by atoms with Crippen LogP contribution in [0, 0.1) is 6.92 Å². The number of carbonyl (C=O) groups is 1. The summed E-state index contributed by atoms with van der Waals surface area (Å²) in [5.74, 6) is 0. The van der Waals surface area contributed by atoms with Gasteiger partial charge in [-0.1, -0.05) is 24.3 Å². The van der Waals surface area contributed by atoms with Crippen molar-refractivity contribution in [1.82, 2.24) is 15.5 Å². The lowest BCUT2D eigenvalue weighted by Crippen LogP contribution is -2.48. The van der Waals surface area contributed by atoms with Gasteiger partial charge in [-0.05, 0) is 38.9 Å². The van der Waals surface area contributed by atoms with Crippen LogP contribution in [-0.4, -0.2) is 36.6 Å². The number of likely N-dealkylation sites (N-methyl/N-ethyl adjacent to an activating group) is 1. The molecule has 0 spiro atoms. The first-order chi connectivity index (χ1) is 8.93. The monoisotopic (exact) mass is 261 g/mol. The molecule has 1 aromatic carbocycles. The van der Waals surface area contributed by atoms with Crippen molar-refractivity contribution in [3.8, 4) is 0 Å². The Balaban J connectivity index is 2.10. The van der Waals surface area contributed by atoms with Gasteiger partial charge in [-0.25, -0.2) is 4.79 Å². The van der Waals surface area contributed by atoms with Gasteiger partial charge in [0.1, 0.15) is 0 Å². The van der Waals surface area contributed by atoms with E-state index in [-0.39, 0.29) is 17.6 Å². The molecule has 4 nitrogen and oxygen atoms in total. The van der Waals surface area contributed by atoms with Gasteiger partial charge in [-0.15, -0.1) is 0 Å². The molecule has 1 atom stereocenters. The number of urea groups is 1. The molecule has 0 bridgehead atoms. The molecule has 1 heterocycles. The fourth-order valence-electron chi connectivity index (χ4n) is 2.44. The molecule has 1 saturated heterocycles. The van der Waals surface area contributed by atoms with Crippen molar-refractivity contribution in [3.63, 3.8) is 0 Å². The van der Waals surface area contributed by atoms with Gasteiger partial charge in [0.25, 0.3) is 0 Å². The van der Waals surface area contributed by atoms with Gasteiger partial charge >= 0.3 is 6.03 Å². The number of amides is 2. The second-order valence-corrected chi connectivity index (χ2v) is 5.87. The number of carbonyl (C=O) groups excluding carboxylic acids is 1. The van der Waals surface area contributed by atoms with E-state index in [1.807, 2.05) is 24.1 Å². The Morgan fingerprint density at radius 3 is 2.74 bits per heavy atom. The lowest BCUT2D eigenvalue weighted by atomic mass is 10.0. The summed E-state index contributed by atoms with van der Waals surface area (Å²) in [4.78, 5) is 13.9. The zero-order valence-electron chi connectivity index (χ0n) is 12.2. The van der Waals surface area contributed by atoms with E-state index in [4.69, 9.17) is 0 Å². The van der Waals surface area contributed by atoms with Crippen molar-refractivity contribution < 1.29 is 4.79 Å². The highest BCUT2D eigenvalue weighted by atomic mass is 16.2. The summed E-state index contributed by atoms with van der Waals surface area (Å²) in [5.41, 5.74) is 2.36. The molecule has 1 fully saturated rings. The molecule has 2 rings (SSSR count). The fourth-order valence-corrected chi connectivity index (χ4v) is 2.44. The second kappa shape index (κ2) is 5.21. The maximum atomic E-state index is 12.0. The first-order valence-corrected chi connectivity index (χ1v) is 6.73. The minimum Gasteiger partial charge on any atom is -0.329 e. The van der Waals surface area contributed by atoms with Gasteiger partial charge in [0.05, 0.1) is 6.04 Å². The molecular formula is C15H23N3O. The van der Waals surface area contributed by atoms with Crippen LogP contribution < -0.4 is 10.6 Å². The number of rotatable bonds is 4. The van der Waals surface area contributed by atoms with Crippen LogP contribution in [0.3, 0.4) is 0 Å². The van der Waals surface area contributed by atoms with Crippen molar-refractivity contribution in [1.29, 1.82) is 0 Å². The van der Waals surface area contributed by atoms with Crippen LogP contribution in [0.1, 0.15) is 31.0 Å². The molecule has 0 aromatic heterocycles. The Labute approximate surface area is 115 Å². The standard InChI is InChI=1S/C15H23N3O/c1-11-7-5-6-8-12(11)13-9-18(14(19)17-13)10-15(2,3)16-4/h5-8,13,16H,9-10H2,1-4H3,(H,17,19). The van der Waals surface area contributed by atoms with Crippen LogP contribution >= 0.6 is 0 Å². The molecule has 2 N–H and O–H groups in total. The number of nitrogens with zero attached hydrogens (tertiary/aromatic N) is 1. The van der Waals surface area contributed by atoms with E-state index in [0.29, 0.717) is 6.54 Å². The SMILES string of the molecule is CNC(C)(C)CN1CC(c2ccccc2C)NC1=O. The predicted octanol–water partition coefficient (Wildman–Crippen LogP) is 2.06. The highest BCUT2D eigenvalue weighted by Crippen LogP contribution is 2.24. The van der Waals surface area contributed by atoms with Crippen LogP contribution in [0.5, 0.6) is 0 Å². The second-order valence-electron chi connectivity index (χ2n) is 5.87. The fraction of sp³-hybridized carbons (Fsp3) is 0.533. The van der Waals surface area contributed by atoms with Gasteiger partial charge < -0.3 is 15.5 Å². The molecule has 4 heteroatoms. The van der Waals surface area contributed by atoms with Crippen molar-refractivity contribution in [3.05, 3.63) is 35.4 Å². The van der Waals surface area contributed by atoms with Crippen LogP contribution in [0.2, 0.25) is 0 Å². The van der Waals surface area contributed by atoms with Gasteiger partial charge in [0.2, 0.25) is 0 Å². The van der Waals surface area contributed by atoms with Crippen LogP contribution in [0.25, 0.3) is 0 Å². The number of nitrogens with one attached hydrogen (secondary N) is 2. The first-order valence-electron chi connectivity index (χ1n) is 6.73. The van der Waals surface area contributed by atoms with E-state index in [1.54, 1.807) is 0 Å². The van der Waals surface area contributed by atoms with Gasteiger partial charge in [0.15, 0.2) is 0 Å². The Kier molecular flexibility index (Phi) is 3.80. The van der Waals surface area contributed by atoms with Crippen LogP contribution in [-0.2, 0) is 0 Å². The van der Waals surface area contributed by atoms with E-state index in [0.717, 1.165) is 6.54 Å². The van der Waals surface area contributed by atoms with E-state index in [1.165, 1.54) is 11.1 Å². The normalized spacial score (nSPS) is 19.7. The molecule has 0 aliphatic carbocycles. The average Bonchev–Trinajstić information content (AvgIpc) is 2.71. The third-order valence-corrected chi connectivity index (χ3v) is 3.81. The van der Waals surface area contributed by atoms with Crippen LogP contribution in [0.15, 0.2) is 24.3 Å². The molecule has 19 heavy (non-hydrogen) atoms. The van der Waals surface area contributed by atoms with Crippen molar-refractivity contribution in [2.24, 2.45) is 0 Å². The first kappa shape index (κ1) is 13.9. The summed E-state index contributed by atoms with van der Waals surface area (Å²) in [7, 11) is 1.92. The molecule has 0 radical (unpaired) electrons.